The molecular formula is C10H15N3O2S2. The van der Waals surface area contributed by atoms with Crippen LogP contribution in [0.1, 0.15) is 25.5 Å². The van der Waals surface area contributed by atoms with Crippen LogP contribution in [0.4, 0.5) is 5.13 Å². The Labute approximate surface area is 105 Å². The minimum absolute atomic E-state index is 0.158. The predicted octanol–water partition coefficient (Wildman–Crippen LogP) is 1.11. The van der Waals surface area contributed by atoms with Crippen LogP contribution < -0.4 is 10.5 Å². The second-order valence-electron chi connectivity index (χ2n) is 3.56. The number of hydrogen-bond donors (Lipinski definition) is 2. The number of hydrogen-bond acceptors (Lipinski definition) is 5. The van der Waals surface area contributed by atoms with Crippen LogP contribution in [0, 0.1) is 19.3 Å². The highest BCUT2D eigenvalue weighted by Crippen LogP contribution is 2.25. The second kappa shape index (κ2) is 5.49. The fourth-order valence-corrected chi connectivity index (χ4v) is 3.97. The van der Waals surface area contributed by atoms with Gasteiger partial charge in [0.15, 0.2) is 9.34 Å². The summed E-state index contributed by atoms with van der Waals surface area (Å²) in [6.07, 6.45) is 6.18. The van der Waals surface area contributed by atoms with E-state index < -0.39 is 10.0 Å². The molecule has 0 spiro atoms. The minimum Gasteiger partial charge on any atom is -0.375 e. The predicted molar refractivity (Wildman–Crippen MR) is 69.1 cm³/mol. The molecule has 0 radical (unpaired) electrons. The van der Waals surface area contributed by atoms with Crippen LogP contribution in [-0.2, 0) is 10.0 Å². The largest absolute Gasteiger partial charge is 0.375 e. The van der Waals surface area contributed by atoms with Crippen molar-refractivity contribution >= 4 is 26.5 Å². The van der Waals surface area contributed by atoms with Gasteiger partial charge in [0.1, 0.15) is 0 Å². The maximum Gasteiger partial charge on any atom is 0.252 e. The number of aryl methyl sites for hydroxylation is 1. The summed E-state index contributed by atoms with van der Waals surface area (Å²) >= 11 is 0.956. The SMILES string of the molecule is C#CCC(CC)NS(=O)(=O)c1sc(N)nc1C. The first-order chi connectivity index (χ1) is 7.90. The molecule has 3 N–H and O–H groups in total. The molecule has 0 aromatic carbocycles. The van der Waals surface area contributed by atoms with Crippen LogP contribution in [0.15, 0.2) is 4.21 Å². The van der Waals surface area contributed by atoms with Gasteiger partial charge >= 0.3 is 0 Å². The number of nitrogen functional groups attached to an aromatic ring is 1. The molecule has 1 heterocycles. The lowest BCUT2D eigenvalue weighted by Gasteiger charge is -2.13. The average Bonchev–Trinajstić information content (AvgIpc) is 2.57. The maximum atomic E-state index is 12.0. The van der Waals surface area contributed by atoms with Gasteiger partial charge in [-0.25, -0.2) is 18.1 Å². The maximum absolute atomic E-state index is 12.0. The summed E-state index contributed by atoms with van der Waals surface area (Å²) in [5.74, 6) is 2.45. The van der Waals surface area contributed by atoms with Crippen molar-refractivity contribution in [2.75, 3.05) is 5.73 Å². The van der Waals surface area contributed by atoms with Gasteiger partial charge in [0.25, 0.3) is 10.0 Å². The van der Waals surface area contributed by atoms with Crippen LogP contribution in [0.25, 0.3) is 0 Å². The highest BCUT2D eigenvalue weighted by molar-refractivity contribution is 7.91. The second-order valence-corrected chi connectivity index (χ2v) is 6.50. The molecule has 0 aliphatic rings. The number of rotatable bonds is 5. The zero-order valence-electron chi connectivity index (χ0n) is 9.73. The normalized spacial score (nSPS) is 13.2. The summed E-state index contributed by atoms with van der Waals surface area (Å²) in [5.41, 5.74) is 5.89. The van der Waals surface area contributed by atoms with E-state index in [-0.39, 0.29) is 15.4 Å². The molecule has 1 rings (SSSR count). The molecule has 0 bridgehead atoms. The van der Waals surface area contributed by atoms with Crippen LogP contribution in [-0.4, -0.2) is 19.4 Å². The summed E-state index contributed by atoms with van der Waals surface area (Å²) in [6.45, 7) is 3.49. The molecule has 0 saturated carbocycles. The third-order valence-corrected chi connectivity index (χ3v) is 5.31. The molecular weight excluding hydrogens is 258 g/mol. The van der Waals surface area contributed by atoms with Crippen LogP contribution in [0.5, 0.6) is 0 Å². The molecule has 0 saturated heterocycles. The van der Waals surface area contributed by atoms with Crippen molar-refractivity contribution < 1.29 is 8.42 Å². The van der Waals surface area contributed by atoms with Gasteiger partial charge in [-0.1, -0.05) is 18.3 Å². The smallest absolute Gasteiger partial charge is 0.252 e. The molecule has 1 unspecified atom stereocenters. The molecule has 1 atom stereocenters. The standard InChI is InChI=1S/C10H15N3O2S2/c1-4-6-8(5-2)13-17(14,15)9-7(3)12-10(11)16-9/h1,8,13H,5-6H2,2-3H3,(H2,11,12). The molecule has 0 fully saturated rings. The Hall–Kier alpha value is -1.10. The van der Waals surface area contributed by atoms with E-state index in [0.29, 0.717) is 18.5 Å². The van der Waals surface area contributed by atoms with Crippen LogP contribution >= 0.6 is 11.3 Å². The number of nitrogens with two attached hydrogens (primary N) is 1. The Morgan fingerprint density at radius 1 is 1.65 bits per heavy atom. The summed E-state index contributed by atoms with van der Waals surface area (Å²) in [7, 11) is -3.57. The van der Waals surface area contributed by atoms with Crippen molar-refractivity contribution in [1.29, 1.82) is 0 Å². The number of terminal acetylenes is 1. The fraction of sp³-hybridized carbons (Fsp3) is 0.500. The lowest BCUT2D eigenvalue weighted by Crippen LogP contribution is -2.34. The van der Waals surface area contributed by atoms with Crippen molar-refractivity contribution in [2.24, 2.45) is 0 Å². The van der Waals surface area contributed by atoms with E-state index in [1.807, 2.05) is 6.92 Å². The monoisotopic (exact) mass is 273 g/mol. The van der Waals surface area contributed by atoms with Gasteiger partial charge in [-0.2, -0.15) is 0 Å². The quantitative estimate of drug-likeness (QED) is 0.787. The number of sulfonamides is 1. The van der Waals surface area contributed by atoms with E-state index in [1.54, 1.807) is 6.92 Å². The van der Waals surface area contributed by atoms with Gasteiger partial charge in [-0.05, 0) is 13.3 Å². The Bertz CT molecular complexity index is 528. The van der Waals surface area contributed by atoms with Crippen molar-refractivity contribution in [3.8, 4) is 12.3 Å². The molecule has 0 aliphatic carbocycles. The number of nitrogens with one attached hydrogen (secondary N) is 1. The topological polar surface area (TPSA) is 85.1 Å². The molecule has 7 heteroatoms. The van der Waals surface area contributed by atoms with Gasteiger partial charge in [0.2, 0.25) is 0 Å². The Morgan fingerprint density at radius 2 is 2.29 bits per heavy atom. The van der Waals surface area contributed by atoms with Crippen molar-refractivity contribution in [1.82, 2.24) is 9.71 Å². The van der Waals surface area contributed by atoms with Crippen molar-refractivity contribution in [3.63, 3.8) is 0 Å². The first-order valence-electron chi connectivity index (χ1n) is 5.09. The van der Waals surface area contributed by atoms with E-state index in [2.05, 4.69) is 15.6 Å². The minimum atomic E-state index is -3.57. The van der Waals surface area contributed by atoms with E-state index >= 15 is 0 Å². The average molecular weight is 273 g/mol. The molecule has 1 aromatic heterocycles. The molecule has 0 aliphatic heterocycles. The van der Waals surface area contributed by atoms with Crippen LogP contribution in [0.2, 0.25) is 0 Å². The third-order valence-electron chi connectivity index (χ3n) is 2.19. The zero-order chi connectivity index (χ0) is 13.1. The lowest BCUT2D eigenvalue weighted by atomic mass is 10.2. The van der Waals surface area contributed by atoms with E-state index in [0.717, 1.165) is 11.3 Å². The molecule has 0 amide bonds. The molecule has 5 nitrogen and oxygen atoms in total. The summed E-state index contributed by atoms with van der Waals surface area (Å²) in [4.78, 5) is 3.89. The first-order valence-corrected chi connectivity index (χ1v) is 7.39. The van der Waals surface area contributed by atoms with Crippen LogP contribution in [0.3, 0.4) is 0 Å². The Kier molecular flexibility index (Phi) is 4.51. The summed E-state index contributed by atoms with van der Waals surface area (Å²) in [6, 6.07) is -0.257. The zero-order valence-corrected chi connectivity index (χ0v) is 11.4. The van der Waals surface area contributed by atoms with Crippen molar-refractivity contribution in [2.45, 2.75) is 36.9 Å². The third kappa shape index (κ3) is 3.43. The molecule has 94 valence electrons. The molecule has 1 aromatic rings. The highest BCUT2D eigenvalue weighted by atomic mass is 32.2. The van der Waals surface area contributed by atoms with Gasteiger partial charge < -0.3 is 5.73 Å². The number of thiazole rings is 1. The van der Waals surface area contributed by atoms with E-state index in [4.69, 9.17) is 12.2 Å². The van der Waals surface area contributed by atoms with E-state index in [1.165, 1.54) is 0 Å². The fourth-order valence-electron chi connectivity index (χ4n) is 1.34. The number of aromatic nitrogens is 1. The Morgan fingerprint density at radius 3 is 2.71 bits per heavy atom. The van der Waals surface area contributed by atoms with E-state index in [9.17, 15) is 8.42 Å². The van der Waals surface area contributed by atoms with Gasteiger partial charge in [0.05, 0.1) is 5.69 Å². The van der Waals surface area contributed by atoms with Gasteiger partial charge in [-0.15, -0.1) is 12.3 Å². The Balaban J connectivity index is 2.97. The van der Waals surface area contributed by atoms with Crippen molar-refractivity contribution in [3.05, 3.63) is 5.69 Å². The lowest BCUT2D eigenvalue weighted by molar-refractivity contribution is 0.545. The number of anilines is 1. The van der Waals surface area contributed by atoms with Gasteiger partial charge in [-0.3, -0.25) is 0 Å². The number of nitrogens with zero attached hydrogens (tertiary/aromatic N) is 1. The first kappa shape index (κ1) is 14.0. The highest BCUT2D eigenvalue weighted by Gasteiger charge is 2.23. The van der Waals surface area contributed by atoms with Gasteiger partial charge in [0, 0.05) is 12.5 Å². The summed E-state index contributed by atoms with van der Waals surface area (Å²) in [5, 5.41) is 0.243. The molecule has 17 heavy (non-hydrogen) atoms. The summed E-state index contributed by atoms with van der Waals surface area (Å²) < 4.78 is 26.8.